The van der Waals surface area contributed by atoms with E-state index in [2.05, 4.69) is 40.7 Å². The van der Waals surface area contributed by atoms with Gasteiger partial charge in [0.25, 0.3) is 0 Å². The Morgan fingerprint density at radius 3 is 2.32 bits per heavy atom. The minimum Gasteiger partial charge on any atom is -0.462 e. The Balaban J connectivity index is 1.17. The van der Waals surface area contributed by atoms with Crippen molar-refractivity contribution in [1.82, 2.24) is 0 Å². The molecule has 0 aromatic rings. The Labute approximate surface area is 368 Å². The van der Waals surface area contributed by atoms with Crippen LogP contribution in [0, 0.1) is 29.6 Å². The molecule has 6 heterocycles. The fourth-order valence-electron chi connectivity index (χ4n) is 11.3. The second-order valence-electron chi connectivity index (χ2n) is 19.8. The van der Waals surface area contributed by atoms with Crippen LogP contribution in [0.2, 0.25) is 0 Å². The number of rotatable bonds is 8. The van der Waals surface area contributed by atoms with E-state index in [4.69, 9.17) is 47.4 Å². The van der Waals surface area contributed by atoms with E-state index in [1.807, 2.05) is 32.1 Å². The van der Waals surface area contributed by atoms with Crippen LogP contribution in [0.1, 0.15) is 113 Å². The lowest BCUT2D eigenvalue weighted by atomic mass is 9.66. The molecule has 1 saturated carbocycles. The SMILES string of the molecule is CC[C@H](C)[C@H]1O[C@]2(CC[C@@H]1C)C[C@@H]1C[C@@H](CC=C(C)[C@@H](O[C@H]3C[C@H](OC)[C@@H](O[C@H]4C[C@H](OC)[C@@H](O)[C@H](C)O4)[C@H](C)O3)[C@@H](C)C=CC=C3CO[C@@H]4[C@H](O)C(C)C[C@@H](C(=O)O1)[C@]34O)O2. The zero-order valence-electron chi connectivity index (χ0n) is 38.7. The van der Waals surface area contributed by atoms with Gasteiger partial charge in [-0.3, -0.25) is 4.79 Å². The number of ether oxygens (including phenoxy) is 10. The molecule has 7 aliphatic rings. The van der Waals surface area contributed by atoms with Gasteiger partial charge in [-0.1, -0.05) is 65.3 Å². The molecular formula is C48H76O14. The summed E-state index contributed by atoms with van der Waals surface area (Å²) in [5.41, 5.74) is -0.233. The van der Waals surface area contributed by atoms with Crippen LogP contribution < -0.4 is 0 Å². The largest absolute Gasteiger partial charge is 0.462 e. The first kappa shape index (κ1) is 48.2. The van der Waals surface area contributed by atoms with Crippen LogP contribution in [-0.4, -0.2) is 139 Å². The number of carbonyl (C=O) groups is 1. The summed E-state index contributed by atoms with van der Waals surface area (Å²) in [6, 6.07) is 0. The van der Waals surface area contributed by atoms with Gasteiger partial charge in [-0.15, -0.1) is 0 Å². The van der Waals surface area contributed by atoms with Gasteiger partial charge < -0.3 is 62.7 Å². The van der Waals surface area contributed by atoms with Gasteiger partial charge in [0.1, 0.15) is 30.0 Å². The van der Waals surface area contributed by atoms with Crippen molar-refractivity contribution in [3.05, 3.63) is 35.5 Å². The number of methoxy groups -OCH3 is 2. The maximum absolute atomic E-state index is 14.4. The average Bonchev–Trinajstić information content (AvgIpc) is 3.58. The van der Waals surface area contributed by atoms with E-state index in [9.17, 15) is 20.1 Å². The zero-order valence-corrected chi connectivity index (χ0v) is 38.7. The quantitative estimate of drug-likeness (QED) is 0.201. The number of carbonyl (C=O) groups excluding carboxylic acids is 1. The van der Waals surface area contributed by atoms with Crippen molar-refractivity contribution < 1.29 is 67.5 Å². The van der Waals surface area contributed by atoms with Crippen LogP contribution in [0.3, 0.4) is 0 Å². The minimum absolute atomic E-state index is 0.00243. The highest BCUT2D eigenvalue weighted by molar-refractivity contribution is 5.76. The van der Waals surface area contributed by atoms with Gasteiger partial charge in [-0.2, -0.15) is 0 Å². The maximum Gasteiger partial charge on any atom is 0.312 e. The summed E-state index contributed by atoms with van der Waals surface area (Å²) in [4.78, 5) is 14.4. The molecule has 7 rings (SSSR count). The molecule has 0 amide bonds. The fraction of sp³-hybridized carbons (Fsp3) is 0.854. The number of aliphatic hydroxyl groups excluding tert-OH is 2. The molecule has 3 N–H and O–H groups in total. The van der Waals surface area contributed by atoms with Crippen molar-refractivity contribution in [3.63, 3.8) is 0 Å². The van der Waals surface area contributed by atoms with Crippen LogP contribution in [0.15, 0.2) is 35.5 Å². The standard InChI is InChI=1S/C48H76O14/c1-11-25(2)43-28(5)17-18-47(62-43)23-34-20-33(61-47)16-15-27(4)42(26(3)13-12-14-32-24-55-45-40(49)29(6)19-35(46(51)58-34)48(32,45)52)59-39-22-37(54-10)44(31(8)57-39)60-38-21-36(53-9)41(50)30(7)56-38/h12-15,25-26,28-31,33-45,49-50,52H,11,16-24H2,1-10H3/t25-,26-,28-,29?,30-,31-,33+,34-,35-,36-,37-,38-,39-,40+,41-,42-,43+,44-,45+,47+,48+/m0/s1. The molecule has 14 heteroatoms. The molecule has 14 nitrogen and oxygen atoms in total. The monoisotopic (exact) mass is 877 g/mol. The van der Waals surface area contributed by atoms with Gasteiger partial charge in [0.15, 0.2) is 18.4 Å². The van der Waals surface area contributed by atoms with Crippen molar-refractivity contribution in [2.24, 2.45) is 29.6 Å². The van der Waals surface area contributed by atoms with Gasteiger partial charge in [-0.05, 0) is 68.9 Å². The summed E-state index contributed by atoms with van der Waals surface area (Å²) < 4.78 is 64.1. The normalized spacial score (nSPS) is 48.5. The van der Waals surface area contributed by atoms with Crippen LogP contribution in [-0.2, 0) is 52.2 Å². The summed E-state index contributed by atoms with van der Waals surface area (Å²) in [7, 11) is 3.23. The second-order valence-corrected chi connectivity index (χ2v) is 19.8. The Morgan fingerprint density at radius 1 is 0.887 bits per heavy atom. The van der Waals surface area contributed by atoms with Crippen LogP contribution in [0.4, 0.5) is 0 Å². The number of esters is 1. The Bertz CT molecular complexity index is 1610. The van der Waals surface area contributed by atoms with Gasteiger partial charge >= 0.3 is 5.97 Å². The summed E-state index contributed by atoms with van der Waals surface area (Å²) in [5.74, 6) is -2.11. The smallest absolute Gasteiger partial charge is 0.312 e. The van der Waals surface area contributed by atoms with E-state index in [-0.39, 0.29) is 43.2 Å². The van der Waals surface area contributed by atoms with E-state index in [0.717, 1.165) is 18.4 Å². The highest BCUT2D eigenvalue weighted by atomic mass is 16.7. The lowest BCUT2D eigenvalue weighted by molar-refractivity contribution is -0.341. The number of hydrogen-bond donors (Lipinski definition) is 3. The Morgan fingerprint density at radius 2 is 1.60 bits per heavy atom. The third kappa shape index (κ3) is 9.83. The predicted octanol–water partition coefficient (Wildman–Crippen LogP) is 5.68. The van der Waals surface area contributed by atoms with Crippen molar-refractivity contribution in [3.8, 4) is 0 Å². The Kier molecular flexibility index (Phi) is 15.5. The highest BCUT2D eigenvalue weighted by Gasteiger charge is 2.62. The lowest BCUT2D eigenvalue weighted by Crippen LogP contribution is -2.61. The summed E-state index contributed by atoms with van der Waals surface area (Å²) in [6.07, 6.45) is 5.62. The van der Waals surface area contributed by atoms with Gasteiger partial charge in [0.05, 0.1) is 61.4 Å². The first-order valence-electron chi connectivity index (χ1n) is 23.5. The third-order valence-electron chi connectivity index (χ3n) is 15.3. The molecule has 352 valence electrons. The number of aliphatic hydroxyl groups is 3. The van der Waals surface area contributed by atoms with E-state index in [1.54, 1.807) is 21.1 Å². The summed E-state index contributed by atoms with van der Waals surface area (Å²) in [6.45, 7) is 16.5. The van der Waals surface area contributed by atoms with E-state index in [0.29, 0.717) is 55.9 Å². The molecular weight excluding hydrogens is 801 g/mol. The van der Waals surface area contributed by atoms with Gasteiger partial charge in [0.2, 0.25) is 0 Å². The minimum atomic E-state index is -1.75. The molecule has 0 aromatic heterocycles. The number of hydrogen-bond acceptors (Lipinski definition) is 14. The molecule has 1 unspecified atom stereocenters. The van der Waals surface area contributed by atoms with E-state index < -0.39 is 90.8 Å². The zero-order chi connectivity index (χ0) is 44.7. The summed E-state index contributed by atoms with van der Waals surface area (Å²) in [5, 5.41) is 34.4. The van der Waals surface area contributed by atoms with Crippen molar-refractivity contribution in [2.45, 2.75) is 210 Å². The van der Waals surface area contributed by atoms with Crippen molar-refractivity contribution in [1.29, 1.82) is 0 Å². The molecule has 1 aliphatic carbocycles. The predicted molar refractivity (Wildman–Crippen MR) is 227 cm³/mol. The first-order valence-corrected chi connectivity index (χ1v) is 23.5. The third-order valence-corrected chi connectivity index (χ3v) is 15.3. The average molecular weight is 877 g/mol. The fourth-order valence-corrected chi connectivity index (χ4v) is 11.3. The van der Waals surface area contributed by atoms with E-state index in [1.165, 1.54) is 0 Å². The topological polar surface area (TPSA) is 170 Å². The van der Waals surface area contributed by atoms with Gasteiger partial charge in [-0.25, -0.2) is 0 Å². The van der Waals surface area contributed by atoms with Crippen LogP contribution in [0.5, 0.6) is 0 Å². The molecule has 6 aliphatic heterocycles. The molecule has 0 radical (unpaired) electrons. The first-order chi connectivity index (χ1) is 29.5. The number of fused-ring (bicyclic) bond motifs is 2. The van der Waals surface area contributed by atoms with E-state index >= 15 is 0 Å². The second kappa shape index (κ2) is 20.0. The summed E-state index contributed by atoms with van der Waals surface area (Å²) >= 11 is 0. The van der Waals surface area contributed by atoms with Crippen molar-refractivity contribution >= 4 is 5.97 Å². The number of allylic oxidation sites excluding steroid dienone is 2. The molecule has 2 bridgehead atoms. The Hall–Kier alpha value is -1.79. The molecule has 5 saturated heterocycles. The van der Waals surface area contributed by atoms with Crippen molar-refractivity contribution in [2.75, 3.05) is 20.8 Å². The molecule has 1 spiro atoms. The molecule has 0 aromatic carbocycles. The van der Waals surface area contributed by atoms with Crippen LogP contribution in [0.25, 0.3) is 0 Å². The molecule has 21 atom stereocenters. The molecule has 62 heavy (non-hydrogen) atoms. The maximum atomic E-state index is 14.4. The molecule has 6 fully saturated rings. The van der Waals surface area contributed by atoms with Gasteiger partial charge in [0, 0.05) is 52.2 Å². The van der Waals surface area contributed by atoms with Crippen LogP contribution >= 0.6 is 0 Å². The lowest BCUT2D eigenvalue weighted by Gasteiger charge is -2.51. The highest BCUT2D eigenvalue weighted by Crippen LogP contribution is 2.50.